The molecule has 4 aromatic rings. The second kappa shape index (κ2) is 6.87. The molecule has 0 saturated carbocycles. The molecule has 0 unspecified atom stereocenters. The second-order valence-electron chi connectivity index (χ2n) is 6.09. The fourth-order valence-corrected chi connectivity index (χ4v) is 4.72. The number of aromatic hydroxyl groups is 1. The van der Waals surface area contributed by atoms with Gasteiger partial charge in [0.15, 0.2) is 4.80 Å². The van der Waals surface area contributed by atoms with Crippen molar-refractivity contribution < 1.29 is 14.3 Å². The summed E-state index contributed by atoms with van der Waals surface area (Å²) in [6.45, 7) is 0. The summed E-state index contributed by atoms with van der Waals surface area (Å²) in [5.41, 5.74) is 0.831. The van der Waals surface area contributed by atoms with Crippen molar-refractivity contribution >= 4 is 39.3 Å². The van der Waals surface area contributed by atoms with Crippen molar-refractivity contribution in [2.24, 2.45) is 9.98 Å². The lowest BCUT2D eigenvalue weighted by atomic mass is 10.1. The maximum absolute atomic E-state index is 13.8. The van der Waals surface area contributed by atoms with Gasteiger partial charge in [-0.3, -0.25) is 9.36 Å². The first-order valence-electron chi connectivity index (χ1n) is 8.49. The largest absolute Gasteiger partial charge is 0.493 e. The number of rotatable bonds is 3. The number of thiazole rings is 2. The zero-order valence-corrected chi connectivity index (χ0v) is 16.2. The van der Waals surface area contributed by atoms with Crippen LogP contribution in [0.15, 0.2) is 70.1 Å². The van der Waals surface area contributed by atoms with Crippen molar-refractivity contribution in [3.63, 3.8) is 0 Å². The molecule has 0 atom stereocenters. The molecular formula is C20H11FN4O2S2. The lowest BCUT2D eigenvalue weighted by Crippen LogP contribution is -2.23. The van der Waals surface area contributed by atoms with Gasteiger partial charge in [0.05, 0.1) is 16.6 Å². The first-order valence-corrected chi connectivity index (χ1v) is 10.2. The molecule has 2 aromatic heterocycles. The Bertz CT molecular complexity index is 1440. The molecule has 1 N–H and O–H groups in total. The topological polar surface area (TPSA) is 79.8 Å². The standard InChI is InChI=1S/C20H11FN4O2S2/c21-11-6-7-14-13(10-11)15(17(26)23-14)16-18(27)25(12-4-2-1-3-5-12)20(29-16)24-19-22-8-9-28-19/h1-10,27H/b24-20+. The van der Waals surface area contributed by atoms with Crippen LogP contribution < -0.4 is 15.4 Å². The zero-order valence-electron chi connectivity index (χ0n) is 14.6. The lowest BCUT2D eigenvalue weighted by molar-refractivity contribution is -0.112. The molecule has 5 rings (SSSR count). The number of nitrogens with zero attached hydrogens (tertiary/aromatic N) is 4. The highest BCUT2D eigenvalue weighted by Gasteiger charge is 2.26. The van der Waals surface area contributed by atoms with E-state index in [1.807, 2.05) is 30.3 Å². The lowest BCUT2D eigenvalue weighted by Gasteiger charge is -2.05. The van der Waals surface area contributed by atoms with Crippen LogP contribution in [-0.4, -0.2) is 20.6 Å². The van der Waals surface area contributed by atoms with Crippen LogP contribution in [0.25, 0.3) is 11.3 Å². The third-order valence-electron chi connectivity index (χ3n) is 4.32. The fourth-order valence-electron chi connectivity index (χ4n) is 3.08. The molecule has 3 heterocycles. The Morgan fingerprint density at radius 2 is 1.97 bits per heavy atom. The van der Waals surface area contributed by atoms with Crippen molar-refractivity contribution in [3.8, 4) is 11.6 Å². The Labute approximate surface area is 170 Å². The number of para-hydroxylation sites is 1. The maximum atomic E-state index is 13.8. The van der Waals surface area contributed by atoms with E-state index < -0.39 is 11.7 Å². The van der Waals surface area contributed by atoms with E-state index in [0.717, 1.165) is 11.3 Å². The van der Waals surface area contributed by atoms with Crippen molar-refractivity contribution in [1.82, 2.24) is 9.55 Å². The Hall–Kier alpha value is -3.43. The highest BCUT2D eigenvalue weighted by atomic mass is 32.1. The maximum Gasteiger partial charge on any atom is 0.279 e. The number of hydrogen-bond donors (Lipinski definition) is 1. The van der Waals surface area contributed by atoms with Crippen LogP contribution in [-0.2, 0) is 4.79 Å². The van der Waals surface area contributed by atoms with Gasteiger partial charge in [-0.1, -0.05) is 29.5 Å². The van der Waals surface area contributed by atoms with Gasteiger partial charge in [0.1, 0.15) is 10.7 Å². The number of fused-ring (bicyclic) bond motifs is 1. The quantitative estimate of drug-likeness (QED) is 0.551. The molecule has 9 heteroatoms. The Kier molecular flexibility index (Phi) is 4.18. The SMILES string of the molecule is O=C1N=c2ccc(F)cc2=C1c1s/c(=N/c2nccs2)n(-c2ccccc2)c1O. The second-order valence-corrected chi connectivity index (χ2v) is 7.94. The van der Waals surface area contributed by atoms with Gasteiger partial charge in [0.2, 0.25) is 11.0 Å². The molecule has 142 valence electrons. The Morgan fingerprint density at radius 3 is 2.72 bits per heavy atom. The van der Waals surface area contributed by atoms with Crippen LogP contribution >= 0.6 is 22.7 Å². The number of amides is 1. The zero-order chi connectivity index (χ0) is 20.0. The summed E-state index contributed by atoms with van der Waals surface area (Å²) >= 11 is 2.47. The molecule has 1 amide bonds. The van der Waals surface area contributed by atoms with Gasteiger partial charge in [0.25, 0.3) is 5.91 Å². The molecule has 29 heavy (non-hydrogen) atoms. The average molecular weight is 422 g/mol. The summed E-state index contributed by atoms with van der Waals surface area (Å²) in [6, 6.07) is 13.1. The summed E-state index contributed by atoms with van der Waals surface area (Å²) in [6.07, 6.45) is 1.64. The Balaban J connectivity index is 1.85. The molecule has 6 nitrogen and oxygen atoms in total. The predicted octanol–water partition coefficient (Wildman–Crippen LogP) is 2.43. The normalized spacial score (nSPS) is 13.6. The molecule has 0 radical (unpaired) electrons. The van der Waals surface area contributed by atoms with Crippen molar-refractivity contribution in [2.45, 2.75) is 0 Å². The smallest absolute Gasteiger partial charge is 0.279 e. The highest BCUT2D eigenvalue weighted by Crippen LogP contribution is 2.31. The van der Waals surface area contributed by atoms with Gasteiger partial charge >= 0.3 is 0 Å². The molecule has 0 saturated heterocycles. The number of hydrogen-bond acceptors (Lipinski definition) is 6. The first-order chi connectivity index (χ1) is 14.1. The molecule has 1 aliphatic rings. The van der Waals surface area contributed by atoms with Crippen molar-refractivity contribution in [3.05, 3.63) is 86.2 Å². The number of carbonyl (C=O) groups is 1. The van der Waals surface area contributed by atoms with Crippen LogP contribution in [0.2, 0.25) is 0 Å². The summed E-state index contributed by atoms with van der Waals surface area (Å²) in [5.74, 6) is -1.17. The molecular weight excluding hydrogens is 411 g/mol. The first kappa shape index (κ1) is 17.7. The number of aromatic nitrogens is 2. The summed E-state index contributed by atoms with van der Waals surface area (Å²) < 4.78 is 15.4. The Morgan fingerprint density at radius 1 is 1.14 bits per heavy atom. The minimum Gasteiger partial charge on any atom is -0.493 e. The van der Waals surface area contributed by atoms with Gasteiger partial charge in [-0.15, -0.1) is 11.3 Å². The van der Waals surface area contributed by atoms with Gasteiger partial charge in [-0.05, 0) is 30.3 Å². The van der Waals surface area contributed by atoms with Crippen molar-refractivity contribution in [1.29, 1.82) is 0 Å². The summed E-state index contributed by atoms with van der Waals surface area (Å²) in [4.78, 5) is 26.0. The van der Waals surface area contributed by atoms with E-state index in [2.05, 4.69) is 15.0 Å². The van der Waals surface area contributed by atoms with E-state index >= 15 is 0 Å². The van der Waals surface area contributed by atoms with E-state index in [-0.39, 0.29) is 16.3 Å². The van der Waals surface area contributed by atoms with Gasteiger partial charge in [-0.2, -0.15) is 4.99 Å². The van der Waals surface area contributed by atoms with Gasteiger partial charge in [-0.25, -0.2) is 14.4 Å². The van der Waals surface area contributed by atoms with E-state index in [9.17, 15) is 14.3 Å². The fraction of sp³-hybridized carbons (Fsp3) is 0. The number of halogens is 1. The third kappa shape index (κ3) is 3.00. The van der Waals surface area contributed by atoms with E-state index in [1.54, 1.807) is 16.1 Å². The predicted molar refractivity (Wildman–Crippen MR) is 107 cm³/mol. The summed E-state index contributed by atoms with van der Waals surface area (Å²) in [5, 5.41) is 14.1. The van der Waals surface area contributed by atoms with Crippen LogP contribution in [0.4, 0.5) is 9.52 Å². The molecule has 2 aromatic carbocycles. The molecule has 1 aliphatic heterocycles. The van der Waals surface area contributed by atoms with Crippen molar-refractivity contribution in [2.75, 3.05) is 0 Å². The molecule has 0 aliphatic carbocycles. The van der Waals surface area contributed by atoms with Crippen LogP contribution in [0.5, 0.6) is 5.88 Å². The minimum absolute atomic E-state index is 0.160. The summed E-state index contributed by atoms with van der Waals surface area (Å²) in [7, 11) is 0. The molecule has 0 fully saturated rings. The van der Waals surface area contributed by atoms with E-state index in [1.165, 1.54) is 29.5 Å². The average Bonchev–Trinajstić information content (AvgIpc) is 3.41. The van der Waals surface area contributed by atoms with Crippen LogP contribution in [0, 0.1) is 5.82 Å². The molecule has 0 spiro atoms. The monoisotopic (exact) mass is 422 g/mol. The number of carbonyl (C=O) groups excluding carboxylic acids is 1. The van der Waals surface area contributed by atoms with E-state index in [0.29, 0.717) is 26.2 Å². The van der Waals surface area contributed by atoms with Crippen LogP contribution in [0.3, 0.4) is 0 Å². The third-order valence-corrected chi connectivity index (χ3v) is 6.03. The number of benzene rings is 2. The van der Waals surface area contributed by atoms with E-state index in [4.69, 9.17) is 0 Å². The minimum atomic E-state index is -0.525. The highest BCUT2D eigenvalue weighted by molar-refractivity contribution is 7.13. The van der Waals surface area contributed by atoms with Crippen LogP contribution in [0.1, 0.15) is 4.88 Å². The molecule has 0 bridgehead atoms. The van der Waals surface area contributed by atoms with Gasteiger partial charge in [0, 0.05) is 16.8 Å². The van der Waals surface area contributed by atoms with Gasteiger partial charge < -0.3 is 5.11 Å².